The van der Waals surface area contributed by atoms with Crippen LogP contribution in [-0.4, -0.2) is 24.7 Å². The molecule has 92 valence electrons. The second-order valence-corrected chi connectivity index (χ2v) is 5.08. The minimum Gasteiger partial charge on any atom is -0.506 e. The Bertz CT molecular complexity index is 411. The van der Waals surface area contributed by atoms with E-state index in [0.717, 1.165) is 37.4 Å². The zero-order valence-corrected chi connectivity index (χ0v) is 10.2. The SMILES string of the molecule is Oc1cc2c(cc1N1CCCCC1)CCCN2. The Morgan fingerprint density at radius 2 is 1.88 bits per heavy atom. The summed E-state index contributed by atoms with van der Waals surface area (Å²) in [5, 5.41) is 13.5. The molecule has 3 heteroatoms. The van der Waals surface area contributed by atoms with Gasteiger partial charge in [0.05, 0.1) is 5.69 Å². The third kappa shape index (κ3) is 2.06. The summed E-state index contributed by atoms with van der Waals surface area (Å²) in [6.45, 7) is 3.19. The lowest BCUT2D eigenvalue weighted by molar-refractivity contribution is 0.469. The van der Waals surface area contributed by atoms with Gasteiger partial charge in [0.2, 0.25) is 0 Å². The molecule has 1 saturated heterocycles. The fourth-order valence-electron chi connectivity index (χ4n) is 2.88. The first-order chi connectivity index (χ1) is 8.34. The second kappa shape index (κ2) is 4.47. The number of phenolic OH excluding ortho intramolecular Hbond substituents is 1. The van der Waals surface area contributed by atoms with Crippen LogP contribution in [0.2, 0.25) is 0 Å². The van der Waals surface area contributed by atoms with Crippen LogP contribution >= 0.6 is 0 Å². The maximum Gasteiger partial charge on any atom is 0.140 e. The number of hydrogen-bond donors (Lipinski definition) is 2. The Morgan fingerprint density at radius 1 is 1.06 bits per heavy atom. The highest BCUT2D eigenvalue weighted by Crippen LogP contribution is 2.36. The van der Waals surface area contributed by atoms with Crippen LogP contribution in [0.25, 0.3) is 0 Å². The molecule has 1 fully saturated rings. The molecule has 0 aromatic heterocycles. The lowest BCUT2D eigenvalue weighted by atomic mass is 10.0. The normalized spacial score (nSPS) is 19.6. The van der Waals surface area contributed by atoms with E-state index >= 15 is 0 Å². The van der Waals surface area contributed by atoms with Crippen molar-refractivity contribution in [2.24, 2.45) is 0 Å². The van der Waals surface area contributed by atoms with Crippen LogP contribution in [0.3, 0.4) is 0 Å². The van der Waals surface area contributed by atoms with Crippen molar-refractivity contribution in [1.82, 2.24) is 0 Å². The summed E-state index contributed by atoms with van der Waals surface area (Å²) in [6, 6.07) is 4.08. The van der Waals surface area contributed by atoms with Gasteiger partial charge in [-0.2, -0.15) is 0 Å². The molecule has 3 nitrogen and oxygen atoms in total. The quantitative estimate of drug-likeness (QED) is 0.781. The van der Waals surface area contributed by atoms with E-state index in [1.165, 1.54) is 31.2 Å². The molecule has 17 heavy (non-hydrogen) atoms. The summed E-state index contributed by atoms with van der Waals surface area (Å²) in [5.41, 5.74) is 3.51. The molecule has 0 aliphatic carbocycles. The number of hydrogen-bond acceptors (Lipinski definition) is 3. The van der Waals surface area contributed by atoms with Crippen molar-refractivity contribution >= 4 is 11.4 Å². The predicted octanol–water partition coefficient (Wildman–Crippen LogP) is 2.74. The fourth-order valence-corrected chi connectivity index (χ4v) is 2.88. The number of rotatable bonds is 1. The third-order valence-electron chi connectivity index (χ3n) is 3.84. The monoisotopic (exact) mass is 232 g/mol. The van der Waals surface area contributed by atoms with Crippen molar-refractivity contribution in [2.45, 2.75) is 32.1 Å². The Balaban J connectivity index is 1.93. The molecule has 2 aliphatic heterocycles. The van der Waals surface area contributed by atoms with E-state index in [0.29, 0.717) is 5.75 Å². The maximum atomic E-state index is 10.1. The molecular weight excluding hydrogens is 212 g/mol. The number of aryl methyl sites for hydroxylation is 1. The van der Waals surface area contributed by atoms with Crippen LogP contribution in [0.1, 0.15) is 31.2 Å². The zero-order chi connectivity index (χ0) is 11.7. The molecular formula is C14H20N2O. The number of nitrogens with one attached hydrogen (secondary N) is 1. The number of piperidine rings is 1. The van der Waals surface area contributed by atoms with Crippen molar-refractivity contribution in [3.05, 3.63) is 17.7 Å². The molecule has 2 heterocycles. The highest BCUT2D eigenvalue weighted by Gasteiger charge is 2.18. The van der Waals surface area contributed by atoms with E-state index < -0.39 is 0 Å². The maximum absolute atomic E-state index is 10.1. The minimum absolute atomic E-state index is 0.431. The van der Waals surface area contributed by atoms with E-state index in [2.05, 4.69) is 16.3 Å². The van der Waals surface area contributed by atoms with E-state index in [1.54, 1.807) is 0 Å². The summed E-state index contributed by atoms with van der Waals surface area (Å²) >= 11 is 0. The topological polar surface area (TPSA) is 35.5 Å². The van der Waals surface area contributed by atoms with Gasteiger partial charge >= 0.3 is 0 Å². The smallest absolute Gasteiger partial charge is 0.140 e. The average Bonchev–Trinajstić information content (AvgIpc) is 2.39. The Kier molecular flexibility index (Phi) is 2.83. The van der Waals surface area contributed by atoms with Crippen molar-refractivity contribution in [1.29, 1.82) is 0 Å². The van der Waals surface area contributed by atoms with Gasteiger partial charge < -0.3 is 15.3 Å². The number of fused-ring (bicyclic) bond motifs is 1. The third-order valence-corrected chi connectivity index (χ3v) is 3.84. The number of phenols is 1. The highest BCUT2D eigenvalue weighted by molar-refractivity contribution is 5.69. The zero-order valence-electron chi connectivity index (χ0n) is 10.2. The molecule has 0 amide bonds. The van der Waals surface area contributed by atoms with Crippen molar-refractivity contribution in [2.75, 3.05) is 29.9 Å². The number of nitrogens with zero attached hydrogens (tertiary/aromatic N) is 1. The standard InChI is InChI=1S/C14H20N2O/c17-14-10-12-11(5-4-6-15-12)9-13(14)16-7-2-1-3-8-16/h9-10,15,17H,1-8H2. The van der Waals surface area contributed by atoms with Gasteiger partial charge in [0.15, 0.2) is 0 Å². The Hall–Kier alpha value is -1.38. The van der Waals surface area contributed by atoms with E-state index in [1.807, 2.05) is 6.07 Å². The second-order valence-electron chi connectivity index (χ2n) is 5.08. The van der Waals surface area contributed by atoms with E-state index in [-0.39, 0.29) is 0 Å². The fraction of sp³-hybridized carbons (Fsp3) is 0.571. The molecule has 0 saturated carbocycles. The van der Waals surface area contributed by atoms with E-state index in [4.69, 9.17) is 0 Å². The molecule has 0 radical (unpaired) electrons. The van der Waals surface area contributed by atoms with Gasteiger partial charge in [-0.25, -0.2) is 0 Å². The van der Waals surface area contributed by atoms with Crippen molar-refractivity contribution in [3.8, 4) is 5.75 Å². The first kappa shape index (κ1) is 10.8. The summed E-state index contributed by atoms with van der Waals surface area (Å²) in [6.07, 6.45) is 6.13. The van der Waals surface area contributed by atoms with Crippen LogP contribution in [0, 0.1) is 0 Å². The van der Waals surface area contributed by atoms with Gasteiger partial charge in [-0.3, -0.25) is 0 Å². The van der Waals surface area contributed by atoms with Gasteiger partial charge in [-0.15, -0.1) is 0 Å². The molecule has 0 spiro atoms. The lowest BCUT2D eigenvalue weighted by Gasteiger charge is -2.31. The van der Waals surface area contributed by atoms with Gasteiger partial charge in [0.1, 0.15) is 5.75 Å². The molecule has 1 aromatic rings. The summed E-state index contributed by atoms with van der Waals surface area (Å²) < 4.78 is 0. The van der Waals surface area contributed by atoms with Gasteiger partial charge in [-0.05, 0) is 43.7 Å². The highest BCUT2D eigenvalue weighted by atomic mass is 16.3. The van der Waals surface area contributed by atoms with Crippen molar-refractivity contribution < 1.29 is 5.11 Å². The molecule has 0 bridgehead atoms. The number of anilines is 2. The first-order valence-electron chi connectivity index (χ1n) is 6.69. The first-order valence-corrected chi connectivity index (χ1v) is 6.69. The van der Waals surface area contributed by atoms with Crippen molar-refractivity contribution in [3.63, 3.8) is 0 Å². The Labute approximate surface area is 102 Å². The van der Waals surface area contributed by atoms with Gasteiger partial charge in [-0.1, -0.05) is 0 Å². The van der Waals surface area contributed by atoms with Crippen LogP contribution in [0.4, 0.5) is 11.4 Å². The van der Waals surface area contributed by atoms with E-state index in [9.17, 15) is 5.11 Å². The van der Waals surface area contributed by atoms with Crippen LogP contribution in [0.5, 0.6) is 5.75 Å². The molecule has 2 N–H and O–H groups in total. The average molecular weight is 232 g/mol. The molecule has 3 rings (SSSR count). The molecule has 0 unspecified atom stereocenters. The molecule has 1 aromatic carbocycles. The molecule has 0 atom stereocenters. The van der Waals surface area contributed by atoms with Crippen LogP contribution in [0.15, 0.2) is 12.1 Å². The summed E-state index contributed by atoms with van der Waals surface area (Å²) in [5.74, 6) is 0.431. The lowest BCUT2D eigenvalue weighted by Crippen LogP contribution is -2.29. The molecule has 2 aliphatic rings. The number of aromatic hydroxyl groups is 1. The largest absolute Gasteiger partial charge is 0.506 e. The van der Waals surface area contributed by atoms with Gasteiger partial charge in [0.25, 0.3) is 0 Å². The number of benzene rings is 1. The van der Waals surface area contributed by atoms with Gasteiger partial charge in [0, 0.05) is 31.4 Å². The predicted molar refractivity (Wildman–Crippen MR) is 71.0 cm³/mol. The summed E-state index contributed by atoms with van der Waals surface area (Å²) in [4.78, 5) is 2.33. The van der Waals surface area contributed by atoms with Crippen LogP contribution in [-0.2, 0) is 6.42 Å². The van der Waals surface area contributed by atoms with Crippen LogP contribution < -0.4 is 10.2 Å². The Morgan fingerprint density at radius 3 is 2.71 bits per heavy atom. The minimum atomic E-state index is 0.431. The summed E-state index contributed by atoms with van der Waals surface area (Å²) in [7, 11) is 0.